The predicted octanol–water partition coefficient (Wildman–Crippen LogP) is 3.26. The highest BCUT2D eigenvalue weighted by Crippen LogP contribution is 2.19. The van der Waals surface area contributed by atoms with Gasteiger partial charge in [0.1, 0.15) is 5.75 Å². The van der Waals surface area contributed by atoms with E-state index in [-0.39, 0.29) is 31.4 Å². The lowest BCUT2D eigenvalue weighted by atomic mass is 10.2. The second-order valence-corrected chi connectivity index (χ2v) is 6.32. The first-order valence-corrected chi connectivity index (χ1v) is 9.10. The van der Waals surface area contributed by atoms with Gasteiger partial charge in [-0.2, -0.15) is 4.98 Å². The molecule has 0 spiro atoms. The van der Waals surface area contributed by atoms with E-state index in [4.69, 9.17) is 25.6 Å². The van der Waals surface area contributed by atoms with Gasteiger partial charge < -0.3 is 19.3 Å². The molecule has 150 valence electrons. The number of carbonyl (C=O) groups is 2. The molecule has 0 atom stereocenters. The van der Waals surface area contributed by atoms with Crippen molar-refractivity contribution in [3.05, 3.63) is 65.0 Å². The summed E-state index contributed by atoms with van der Waals surface area (Å²) in [6.07, 6.45) is -0.000925. The number of para-hydroxylation sites is 1. The molecular formula is C20H18ClN3O5. The number of ether oxygens (including phenoxy) is 2. The van der Waals surface area contributed by atoms with E-state index in [9.17, 15) is 9.59 Å². The molecule has 29 heavy (non-hydrogen) atoms. The number of methoxy groups -OCH3 is 1. The number of amides is 1. The monoisotopic (exact) mass is 415 g/mol. The second kappa shape index (κ2) is 9.70. The van der Waals surface area contributed by atoms with Gasteiger partial charge in [-0.15, -0.1) is 0 Å². The Morgan fingerprint density at radius 2 is 1.90 bits per heavy atom. The van der Waals surface area contributed by atoms with Crippen molar-refractivity contribution in [3.8, 4) is 17.1 Å². The fourth-order valence-corrected chi connectivity index (χ4v) is 2.58. The maximum atomic E-state index is 12.2. The van der Waals surface area contributed by atoms with Gasteiger partial charge in [-0.1, -0.05) is 28.9 Å². The third-order valence-corrected chi connectivity index (χ3v) is 4.15. The number of esters is 1. The Kier molecular flexibility index (Phi) is 6.80. The summed E-state index contributed by atoms with van der Waals surface area (Å²) in [5.74, 6) is 0.162. The first-order chi connectivity index (χ1) is 14.1. The van der Waals surface area contributed by atoms with Gasteiger partial charge in [-0.3, -0.25) is 9.59 Å². The first-order valence-electron chi connectivity index (χ1n) is 8.72. The lowest BCUT2D eigenvalue weighted by Gasteiger charge is -2.08. The van der Waals surface area contributed by atoms with Crippen molar-refractivity contribution in [2.75, 3.05) is 13.7 Å². The largest absolute Gasteiger partial charge is 0.496 e. The molecule has 0 fully saturated rings. The Morgan fingerprint density at radius 3 is 2.66 bits per heavy atom. The van der Waals surface area contributed by atoms with Crippen LogP contribution in [0.15, 0.2) is 53.1 Å². The van der Waals surface area contributed by atoms with Gasteiger partial charge in [0, 0.05) is 17.1 Å². The number of nitrogens with one attached hydrogen (secondary N) is 1. The third-order valence-electron chi connectivity index (χ3n) is 3.89. The smallest absolute Gasteiger partial charge is 0.308 e. The molecule has 0 saturated carbocycles. The number of halogens is 1. The lowest BCUT2D eigenvalue weighted by molar-refractivity contribution is -0.145. The van der Waals surface area contributed by atoms with Crippen molar-refractivity contribution in [1.29, 1.82) is 0 Å². The molecule has 0 aliphatic rings. The number of aromatic nitrogens is 2. The van der Waals surface area contributed by atoms with Crippen LogP contribution >= 0.6 is 11.6 Å². The van der Waals surface area contributed by atoms with Crippen molar-refractivity contribution in [1.82, 2.24) is 15.5 Å². The first kappa shape index (κ1) is 20.3. The predicted molar refractivity (Wildman–Crippen MR) is 104 cm³/mol. The highest BCUT2D eigenvalue weighted by atomic mass is 35.5. The fourth-order valence-electron chi connectivity index (χ4n) is 2.45. The lowest BCUT2D eigenvalue weighted by Crippen LogP contribution is -2.26. The van der Waals surface area contributed by atoms with Crippen LogP contribution in [0.5, 0.6) is 5.75 Å². The van der Waals surface area contributed by atoms with E-state index < -0.39 is 5.97 Å². The summed E-state index contributed by atoms with van der Waals surface area (Å²) < 4.78 is 15.3. The molecule has 0 unspecified atom stereocenters. The van der Waals surface area contributed by atoms with E-state index in [0.29, 0.717) is 22.2 Å². The number of nitrogens with zero attached hydrogens (tertiary/aromatic N) is 2. The normalized spacial score (nSPS) is 10.4. The molecule has 2 aromatic carbocycles. The summed E-state index contributed by atoms with van der Waals surface area (Å²) in [4.78, 5) is 28.2. The molecule has 8 nitrogen and oxygen atoms in total. The van der Waals surface area contributed by atoms with Gasteiger partial charge in [0.2, 0.25) is 5.82 Å². The van der Waals surface area contributed by atoms with Crippen LogP contribution in [-0.4, -0.2) is 35.7 Å². The SMILES string of the molecule is COc1ccccc1C(=O)NCCC(=O)OCc1nc(-c2ccc(Cl)cc2)no1. The van der Waals surface area contributed by atoms with Crippen molar-refractivity contribution < 1.29 is 23.6 Å². The van der Waals surface area contributed by atoms with Crippen molar-refractivity contribution in [2.24, 2.45) is 0 Å². The summed E-state index contributed by atoms with van der Waals surface area (Å²) >= 11 is 5.85. The molecule has 9 heteroatoms. The number of rotatable bonds is 8. The number of hydrogen-bond donors (Lipinski definition) is 1. The van der Waals surface area contributed by atoms with Crippen LogP contribution in [0.2, 0.25) is 5.02 Å². The summed E-state index contributed by atoms with van der Waals surface area (Å²) in [5, 5.41) is 7.09. The van der Waals surface area contributed by atoms with E-state index in [1.807, 2.05) is 0 Å². The summed E-state index contributed by atoms with van der Waals surface area (Å²) in [6.45, 7) is -0.0323. The van der Waals surface area contributed by atoms with Crippen LogP contribution in [-0.2, 0) is 16.1 Å². The average molecular weight is 416 g/mol. The Bertz CT molecular complexity index is 988. The average Bonchev–Trinajstić information content (AvgIpc) is 3.21. The molecule has 3 aromatic rings. The molecule has 0 aliphatic carbocycles. The zero-order valence-electron chi connectivity index (χ0n) is 15.6. The minimum absolute atomic E-state index is 0.000925. The van der Waals surface area contributed by atoms with Crippen LogP contribution in [0.3, 0.4) is 0 Å². The summed E-state index contributed by atoms with van der Waals surface area (Å²) in [5.41, 5.74) is 1.12. The van der Waals surface area contributed by atoms with E-state index in [0.717, 1.165) is 5.56 Å². The second-order valence-electron chi connectivity index (χ2n) is 5.89. The Balaban J connectivity index is 1.43. The number of hydrogen-bond acceptors (Lipinski definition) is 7. The minimum Gasteiger partial charge on any atom is -0.496 e. The molecule has 0 bridgehead atoms. The fraction of sp³-hybridized carbons (Fsp3) is 0.200. The van der Waals surface area contributed by atoms with Gasteiger partial charge >= 0.3 is 5.97 Å². The quantitative estimate of drug-likeness (QED) is 0.563. The molecule has 3 rings (SSSR count). The standard InChI is InChI=1S/C20H18ClN3O5/c1-27-16-5-3-2-4-15(16)20(26)22-11-10-18(25)28-12-17-23-19(24-29-17)13-6-8-14(21)9-7-13/h2-9H,10-12H2,1H3,(H,22,26). The highest BCUT2D eigenvalue weighted by Gasteiger charge is 2.13. The minimum atomic E-state index is -0.503. The molecule has 1 amide bonds. The van der Waals surface area contributed by atoms with E-state index in [1.54, 1.807) is 48.5 Å². The zero-order chi connectivity index (χ0) is 20.6. The van der Waals surface area contributed by atoms with Crippen LogP contribution in [0.1, 0.15) is 22.7 Å². The zero-order valence-corrected chi connectivity index (χ0v) is 16.3. The third kappa shape index (κ3) is 5.55. The molecule has 1 N–H and O–H groups in total. The molecule has 0 aliphatic heterocycles. The van der Waals surface area contributed by atoms with Crippen molar-refractivity contribution in [2.45, 2.75) is 13.0 Å². The van der Waals surface area contributed by atoms with Gasteiger partial charge in [0.15, 0.2) is 6.61 Å². The number of benzene rings is 2. The molecule has 0 radical (unpaired) electrons. The van der Waals surface area contributed by atoms with E-state index in [1.165, 1.54) is 7.11 Å². The number of carbonyl (C=O) groups excluding carboxylic acids is 2. The Morgan fingerprint density at radius 1 is 1.14 bits per heavy atom. The van der Waals surface area contributed by atoms with Gasteiger partial charge in [0.25, 0.3) is 11.8 Å². The van der Waals surface area contributed by atoms with E-state index in [2.05, 4.69) is 15.5 Å². The van der Waals surface area contributed by atoms with Crippen molar-refractivity contribution in [3.63, 3.8) is 0 Å². The molecule has 0 saturated heterocycles. The Labute approximate surface area is 171 Å². The summed E-state index contributed by atoms with van der Waals surface area (Å²) in [6, 6.07) is 13.8. The van der Waals surface area contributed by atoms with E-state index >= 15 is 0 Å². The topological polar surface area (TPSA) is 104 Å². The molecule has 1 aromatic heterocycles. The van der Waals surface area contributed by atoms with Crippen LogP contribution in [0, 0.1) is 0 Å². The van der Waals surface area contributed by atoms with Gasteiger partial charge in [-0.25, -0.2) is 0 Å². The molecular weight excluding hydrogens is 398 g/mol. The van der Waals surface area contributed by atoms with Gasteiger partial charge in [0.05, 0.1) is 19.1 Å². The van der Waals surface area contributed by atoms with Crippen LogP contribution < -0.4 is 10.1 Å². The maximum Gasteiger partial charge on any atom is 0.308 e. The van der Waals surface area contributed by atoms with Crippen LogP contribution in [0.4, 0.5) is 0 Å². The van der Waals surface area contributed by atoms with Crippen LogP contribution in [0.25, 0.3) is 11.4 Å². The maximum absolute atomic E-state index is 12.2. The molecule has 1 heterocycles. The summed E-state index contributed by atoms with van der Waals surface area (Å²) in [7, 11) is 1.49. The van der Waals surface area contributed by atoms with Gasteiger partial charge in [-0.05, 0) is 36.4 Å². The Hall–Kier alpha value is -3.39. The van der Waals surface area contributed by atoms with Crippen molar-refractivity contribution >= 4 is 23.5 Å². The highest BCUT2D eigenvalue weighted by molar-refractivity contribution is 6.30.